The van der Waals surface area contributed by atoms with Gasteiger partial charge in [-0.05, 0) is 66.4 Å². The second kappa shape index (κ2) is 6.70. The fourth-order valence-corrected chi connectivity index (χ4v) is 3.76. The lowest BCUT2D eigenvalue weighted by Crippen LogP contribution is -2.36. The summed E-state index contributed by atoms with van der Waals surface area (Å²) in [6.45, 7) is 4.94. The number of hydrogen-bond acceptors (Lipinski definition) is 2. The summed E-state index contributed by atoms with van der Waals surface area (Å²) in [5, 5.41) is 2.52. The lowest BCUT2D eigenvalue weighted by atomic mass is 9.83. The average molecular weight is 354 g/mol. The standard InChI is InChI=1S/C22H23NO.ClH/c1-22(2)13-19(14-23)20-10-9-18(12-21(20)24-22)17-8-7-15-5-3-4-6-16(15)11-17;/h3-12,19H,13-14,23H2,1-2H3;1H. The van der Waals surface area contributed by atoms with E-state index in [0.717, 1.165) is 12.2 Å². The van der Waals surface area contributed by atoms with E-state index in [0.29, 0.717) is 12.5 Å². The lowest BCUT2D eigenvalue weighted by Gasteiger charge is -2.37. The van der Waals surface area contributed by atoms with Crippen molar-refractivity contribution in [2.24, 2.45) is 5.73 Å². The molecule has 0 bridgehead atoms. The van der Waals surface area contributed by atoms with Crippen LogP contribution in [0.3, 0.4) is 0 Å². The molecule has 0 aliphatic carbocycles. The fourth-order valence-electron chi connectivity index (χ4n) is 3.76. The van der Waals surface area contributed by atoms with Gasteiger partial charge in [0.1, 0.15) is 11.4 Å². The first kappa shape index (κ1) is 17.8. The van der Waals surface area contributed by atoms with Gasteiger partial charge in [-0.2, -0.15) is 0 Å². The van der Waals surface area contributed by atoms with Crippen molar-refractivity contribution in [3.05, 3.63) is 66.2 Å². The minimum atomic E-state index is -0.168. The second-order valence-corrected chi connectivity index (χ2v) is 7.31. The van der Waals surface area contributed by atoms with Gasteiger partial charge in [0.05, 0.1) is 0 Å². The van der Waals surface area contributed by atoms with E-state index in [9.17, 15) is 0 Å². The Morgan fingerprint density at radius 1 is 0.960 bits per heavy atom. The fraction of sp³-hybridized carbons (Fsp3) is 0.273. The van der Waals surface area contributed by atoms with Gasteiger partial charge in [-0.15, -0.1) is 12.4 Å². The average Bonchev–Trinajstić information content (AvgIpc) is 2.59. The Balaban J connectivity index is 0.00000182. The largest absolute Gasteiger partial charge is 0.488 e. The Kier molecular flexibility index (Phi) is 4.77. The van der Waals surface area contributed by atoms with Crippen molar-refractivity contribution >= 4 is 23.2 Å². The molecule has 0 amide bonds. The minimum absolute atomic E-state index is 0. The van der Waals surface area contributed by atoms with Gasteiger partial charge in [-0.25, -0.2) is 0 Å². The van der Waals surface area contributed by atoms with Gasteiger partial charge in [0.2, 0.25) is 0 Å². The Morgan fingerprint density at radius 2 is 1.64 bits per heavy atom. The van der Waals surface area contributed by atoms with Gasteiger partial charge in [-0.3, -0.25) is 0 Å². The minimum Gasteiger partial charge on any atom is -0.488 e. The first-order valence-electron chi connectivity index (χ1n) is 8.58. The summed E-state index contributed by atoms with van der Waals surface area (Å²) in [4.78, 5) is 0. The van der Waals surface area contributed by atoms with Gasteiger partial charge < -0.3 is 10.5 Å². The zero-order chi connectivity index (χ0) is 16.7. The molecule has 1 atom stereocenters. The maximum Gasteiger partial charge on any atom is 0.124 e. The zero-order valence-electron chi connectivity index (χ0n) is 14.7. The summed E-state index contributed by atoms with van der Waals surface area (Å²) in [5.41, 5.74) is 9.47. The normalized spacial score (nSPS) is 18.1. The van der Waals surface area contributed by atoms with Crippen LogP contribution in [0.2, 0.25) is 0 Å². The van der Waals surface area contributed by atoms with Gasteiger partial charge in [0.25, 0.3) is 0 Å². The van der Waals surface area contributed by atoms with Crippen molar-refractivity contribution in [2.75, 3.05) is 6.54 Å². The smallest absolute Gasteiger partial charge is 0.124 e. The van der Waals surface area contributed by atoms with E-state index in [-0.39, 0.29) is 18.0 Å². The number of ether oxygens (including phenoxy) is 1. The second-order valence-electron chi connectivity index (χ2n) is 7.31. The van der Waals surface area contributed by atoms with E-state index in [2.05, 4.69) is 74.5 Å². The highest BCUT2D eigenvalue weighted by atomic mass is 35.5. The highest BCUT2D eigenvalue weighted by Gasteiger charge is 2.33. The third-order valence-electron chi connectivity index (χ3n) is 4.94. The summed E-state index contributed by atoms with van der Waals surface area (Å²) in [6.07, 6.45) is 0.964. The number of rotatable bonds is 2. The molecule has 0 radical (unpaired) electrons. The maximum absolute atomic E-state index is 6.25. The predicted molar refractivity (Wildman–Crippen MR) is 108 cm³/mol. The highest BCUT2D eigenvalue weighted by molar-refractivity contribution is 5.87. The van der Waals surface area contributed by atoms with E-state index in [1.54, 1.807) is 0 Å². The van der Waals surface area contributed by atoms with E-state index in [1.165, 1.54) is 27.5 Å². The summed E-state index contributed by atoms with van der Waals surface area (Å²) in [5.74, 6) is 1.35. The van der Waals surface area contributed by atoms with Crippen LogP contribution in [-0.4, -0.2) is 12.1 Å². The third kappa shape index (κ3) is 3.37. The van der Waals surface area contributed by atoms with Crippen LogP contribution in [0.5, 0.6) is 5.75 Å². The molecule has 4 rings (SSSR count). The number of fused-ring (bicyclic) bond motifs is 2. The Bertz CT molecular complexity index is 903. The van der Waals surface area contributed by atoms with Crippen molar-refractivity contribution in [1.82, 2.24) is 0 Å². The van der Waals surface area contributed by atoms with Gasteiger partial charge >= 0.3 is 0 Å². The Morgan fingerprint density at radius 3 is 2.40 bits per heavy atom. The van der Waals surface area contributed by atoms with Crippen LogP contribution in [0.4, 0.5) is 0 Å². The topological polar surface area (TPSA) is 35.2 Å². The van der Waals surface area contributed by atoms with Crippen molar-refractivity contribution < 1.29 is 4.74 Å². The monoisotopic (exact) mass is 353 g/mol. The molecule has 130 valence electrons. The molecule has 0 saturated carbocycles. The van der Waals surface area contributed by atoms with E-state index in [1.807, 2.05) is 0 Å². The van der Waals surface area contributed by atoms with Crippen molar-refractivity contribution in [3.8, 4) is 16.9 Å². The molecule has 0 fully saturated rings. The summed E-state index contributed by atoms with van der Waals surface area (Å²) in [6, 6.07) is 21.6. The predicted octanol–water partition coefficient (Wildman–Crippen LogP) is 5.53. The molecule has 3 aromatic carbocycles. The van der Waals surface area contributed by atoms with Crippen LogP contribution in [-0.2, 0) is 0 Å². The SMILES string of the molecule is CC1(C)CC(CN)c2ccc(-c3ccc4ccccc4c3)cc2O1.Cl. The molecule has 2 nitrogen and oxygen atoms in total. The molecular weight excluding hydrogens is 330 g/mol. The molecule has 2 N–H and O–H groups in total. The van der Waals surface area contributed by atoms with E-state index >= 15 is 0 Å². The number of nitrogens with two attached hydrogens (primary N) is 1. The molecule has 3 aromatic rings. The number of benzene rings is 3. The first-order valence-corrected chi connectivity index (χ1v) is 8.58. The summed E-state index contributed by atoms with van der Waals surface area (Å²) in [7, 11) is 0. The molecular formula is C22H24ClNO. The van der Waals surface area contributed by atoms with Crippen LogP contribution >= 0.6 is 12.4 Å². The van der Waals surface area contributed by atoms with Crippen molar-refractivity contribution in [1.29, 1.82) is 0 Å². The Labute approximate surface area is 155 Å². The molecule has 0 saturated heterocycles. The molecule has 25 heavy (non-hydrogen) atoms. The van der Waals surface area contributed by atoms with Crippen molar-refractivity contribution in [2.45, 2.75) is 31.8 Å². The van der Waals surface area contributed by atoms with E-state index < -0.39 is 0 Å². The van der Waals surface area contributed by atoms with Crippen LogP contribution in [0.15, 0.2) is 60.7 Å². The maximum atomic E-state index is 6.25. The zero-order valence-corrected chi connectivity index (χ0v) is 15.5. The number of halogens is 1. The van der Waals surface area contributed by atoms with Crippen LogP contribution in [0.1, 0.15) is 31.7 Å². The third-order valence-corrected chi connectivity index (χ3v) is 4.94. The Hall–Kier alpha value is -2.03. The first-order chi connectivity index (χ1) is 11.6. The molecule has 1 unspecified atom stereocenters. The molecule has 3 heteroatoms. The van der Waals surface area contributed by atoms with Crippen LogP contribution in [0.25, 0.3) is 21.9 Å². The summed E-state index contributed by atoms with van der Waals surface area (Å²) >= 11 is 0. The molecule has 0 aromatic heterocycles. The van der Waals surface area contributed by atoms with E-state index in [4.69, 9.17) is 10.5 Å². The van der Waals surface area contributed by atoms with Gasteiger partial charge in [0.15, 0.2) is 0 Å². The van der Waals surface area contributed by atoms with Gasteiger partial charge in [0, 0.05) is 5.92 Å². The molecule has 1 aliphatic rings. The van der Waals surface area contributed by atoms with Gasteiger partial charge in [-0.1, -0.05) is 48.5 Å². The quantitative estimate of drug-likeness (QED) is 0.657. The molecule has 1 heterocycles. The van der Waals surface area contributed by atoms with Crippen LogP contribution in [0, 0.1) is 0 Å². The molecule has 1 aliphatic heterocycles. The highest BCUT2D eigenvalue weighted by Crippen LogP contribution is 2.42. The van der Waals surface area contributed by atoms with Crippen LogP contribution < -0.4 is 10.5 Å². The molecule has 0 spiro atoms. The lowest BCUT2D eigenvalue weighted by molar-refractivity contribution is 0.0732. The van der Waals surface area contributed by atoms with Crippen molar-refractivity contribution in [3.63, 3.8) is 0 Å². The summed E-state index contributed by atoms with van der Waals surface area (Å²) < 4.78 is 6.25. The number of hydrogen-bond donors (Lipinski definition) is 1.